The first-order valence-electron chi connectivity index (χ1n) is 9.84. The average molecular weight is 413 g/mol. The lowest BCUT2D eigenvalue weighted by molar-refractivity contribution is -0.917. The molecule has 0 radical (unpaired) electrons. The predicted molar refractivity (Wildman–Crippen MR) is 107 cm³/mol. The third kappa shape index (κ3) is 4.36. The van der Waals surface area contributed by atoms with Gasteiger partial charge in [0.25, 0.3) is 5.91 Å². The molecule has 2 aromatic carbocycles. The number of quaternary nitrogens is 1. The zero-order chi connectivity index (χ0) is 21.1. The molecule has 4 rings (SSSR count). The summed E-state index contributed by atoms with van der Waals surface area (Å²) in [6.45, 7) is 3.42. The molecule has 1 saturated heterocycles. The van der Waals surface area contributed by atoms with Crippen LogP contribution < -0.4 is 9.64 Å². The van der Waals surface area contributed by atoms with Crippen molar-refractivity contribution in [3.05, 3.63) is 77.6 Å². The van der Waals surface area contributed by atoms with E-state index in [0.717, 1.165) is 24.2 Å². The van der Waals surface area contributed by atoms with Crippen molar-refractivity contribution in [2.45, 2.75) is 6.54 Å². The van der Waals surface area contributed by atoms with Crippen LogP contribution in [0.2, 0.25) is 0 Å². The first-order chi connectivity index (χ1) is 14.5. The van der Waals surface area contributed by atoms with Gasteiger partial charge in [-0.2, -0.15) is 0 Å². The standard InChI is InChI=1S/C23H22F2N2O3/c1-29-21-7-2-16(14-19(21)25)15-26-10-12-27(13-11-26)23(28)22-9-8-20(30-22)17-3-5-18(24)6-4-17/h2-9,14H,10-13,15H2,1H3/p+1. The molecule has 2 heterocycles. The number of furan rings is 1. The normalized spacial score (nSPS) is 14.7. The number of halogens is 2. The van der Waals surface area contributed by atoms with Gasteiger partial charge in [0.05, 0.1) is 33.3 Å². The number of ether oxygens (including phenoxy) is 1. The van der Waals surface area contributed by atoms with E-state index in [9.17, 15) is 13.6 Å². The Labute approximate surface area is 173 Å². The van der Waals surface area contributed by atoms with E-state index in [4.69, 9.17) is 9.15 Å². The topological polar surface area (TPSA) is 47.1 Å². The van der Waals surface area contributed by atoms with E-state index >= 15 is 0 Å². The van der Waals surface area contributed by atoms with Gasteiger partial charge in [-0.05, 0) is 54.6 Å². The first-order valence-corrected chi connectivity index (χ1v) is 9.84. The van der Waals surface area contributed by atoms with E-state index in [0.29, 0.717) is 25.4 Å². The molecule has 156 valence electrons. The largest absolute Gasteiger partial charge is 0.494 e. The highest BCUT2D eigenvalue weighted by Crippen LogP contribution is 2.23. The van der Waals surface area contributed by atoms with Crippen molar-refractivity contribution in [1.29, 1.82) is 0 Å². The van der Waals surface area contributed by atoms with Crippen molar-refractivity contribution < 1.29 is 27.6 Å². The smallest absolute Gasteiger partial charge is 0.289 e. The summed E-state index contributed by atoms with van der Waals surface area (Å²) in [7, 11) is 1.45. The van der Waals surface area contributed by atoms with E-state index in [1.807, 2.05) is 6.07 Å². The molecule has 0 aliphatic carbocycles. The van der Waals surface area contributed by atoms with Gasteiger partial charge in [-0.15, -0.1) is 0 Å². The van der Waals surface area contributed by atoms with Crippen LogP contribution in [0.5, 0.6) is 5.75 Å². The summed E-state index contributed by atoms with van der Waals surface area (Å²) in [6.07, 6.45) is 0. The maximum Gasteiger partial charge on any atom is 0.289 e. The quantitative estimate of drug-likeness (QED) is 0.700. The lowest BCUT2D eigenvalue weighted by atomic mass is 10.1. The Kier molecular flexibility index (Phi) is 5.81. The van der Waals surface area contributed by atoms with Gasteiger partial charge in [-0.25, -0.2) is 8.78 Å². The van der Waals surface area contributed by atoms with Gasteiger partial charge in [0.2, 0.25) is 0 Å². The van der Waals surface area contributed by atoms with E-state index in [-0.39, 0.29) is 29.1 Å². The lowest BCUT2D eigenvalue weighted by Crippen LogP contribution is -3.13. The maximum absolute atomic E-state index is 13.9. The number of hydrogen-bond donors (Lipinski definition) is 1. The third-order valence-electron chi connectivity index (χ3n) is 5.37. The molecule has 1 aromatic heterocycles. The van der Waals surface area contributed by atoms with Crippen LogP contribution in [0, 0.1) is 11.6 Å². The Balaban J connectivity index is 1.34. The zero-order valence-electron chi connectivity index (χ0n) is 16.7. The van der Waals surface area contributed by atoms with Crippen molar-refractivity contribution in [1.82, 2.24) is 4.90 Å². The SMILES string of the molecule is COc1ccc(C[NH+]2CCN(C(=O)c3ccc(-c4ccc(F)cc4)o3)CC2)cc1F. The molecule has 30 heavy (non-hydrogen) atoms. The Bertz CT molecular complexity index is 1030. The summed E-state index contributed by atoms with van der Waals surface area (Å²) in [5, 5.41) is 0. The summed E-state index contributed by atoms with van der Waals surface area (Å²) < 4.78 is 37.6. The molecule has 1 amide bonds. The summed E-state index contributed by atoms with van der Waals surface area (Å²) in [5.74, 6) is 0.206. The van der Waals surface area contributed by atoms with Crippen molar-refractivity contribution in [2.75, 3.05) is 33.3 Å². The van der Waals surface area contributed by atoms with Gasteiger partial charge >= 0.3 is 0 Å². The third-order valence-corrected chi connectivity index (χ3v) is 5.37. The van der Waals surface area contributed by atoms with Crippen molar-refractivity contribution >= 4 is 5.91 Å². The summed E-state index contributed by atoms with van der Waals surface area (Å²) >= 11 is 0. The van der Waals surface area contributed by atoms with Crippen LogP contribution in [0.3, 0.4) is 0 Å². The molecule has 0 atom stereocenters. The predicted octanol–water partition coefficient (Wildman–Crippen LogP) is 2.77. The molecule has 3 aromatic rings. The maximum atomic E-state index is 13.9. The summed E-state index contributed by atoms with van der Waals surface area (Å²) in [4.78, 5) is 15.8. The Morgan fingerprint density at radius 2 is 1.80 bits per heavy atom. The lowest BCUT2D eigenvalue weighted by Gasteiger charge is -2.31. The Morgan fingerprint density at radius 1 is 1.07 bits per heavy atom. The van der Waals surface area contributed by atoms with Crippen LogP contribution in [0.4, 0.5) is 8.78 Å². The van der Waals surface area contributed by atoms with Crippen LogP contribution in [-0.2, 0) is 6.54 Å². The number of benzene rings is 2. The number of nitrogens with one attached hydrogen (secondary N) is 1. The zero-order valence-corrected chi connectivity index (χ0v) is 16.7. The number of carbonyl (C=O) groups excluding carboxylic acids is 1. The highest BCUT2D eigenvalue weighted by atomic mass is 19.1. The van der Waals surface area contributed by atoms with Crippen LogP contribution in [0.1, 0.15) is 16.1 Å². The van der Waals surface area contributed by atoms with Gasteiger partial charge in [0, 0.05) is 11.1 Å². The van der Waals surface area contributed by atoms with Gasteiger partial charge in [0.15, 0.2) is 17.3 Å². The monoisotopic (exact) mass is 413 g/mol. The fourth-order valence-electron chi connectivity index (χ4n) is 3.69. The number of nitrogens with zero attached hydrogens (tertiary/aromatic N) is 1. The minimum Gasteiger partial charge on any atom is -0.494 e. The van der Waals surface area contributed by atoms with Crippen LogP contribution in [0.25, 0.3) is 11.3 Å². The second-order valence-electron chi connectivity index (χ2n) is 7.36. The highest BCUT2D eigenvalue weighted by Gasteiger charge is 2.26. The van der Waals surface area contributed by atoms with Crippen LogP contribution in [0.15, 0.2) is 59.0 Å². The van der Waals surface area contributed by atoms with Gasteiger partial charge in [-0.1, -0.05) is 0 Å². The fraction of sp³-hybridized carbons (Fsp3) is 0.261. The molecule has 1 aliphatic rings. The molecule has 0 saturated carbocycles. The molecule has 7 heteroatoms. The van der Waals surface area contributed by atoms with Crippen LogP contribution >= 0.6 is 0 Å². The van der Waals surface area contributed by atoms with Crippen molar-refractivity contribution in [3.8, 4) is 17.1 Å². The molecule has 0 unspecified atom stereocenters. The molecule has 1 N–H and O–H groups in total. The van der Waals surface area contributed by atoms with E-state index < -0.39 is 0 Å². The molecule has 5 nitrogen and oxygen atoms in total. The molecule has 0 spiro atoms. The minimum absolute atomic E-state index is 0.155. The number of piperazine rings is 1. The van der Waals surface area contributed by atoms with Gasteiger partial charge in [-0.3, -0.25) is 4.79 Å². The van der Waals surface area contributed by atoms with Crippen molar-refractivity contribution in [2.24, 2.45) is 0 Å². The average Bonchev–Trinajstić information content (AvgIpc) is 3.25. The number of carbonyl (C=O) groups is 1. The van der Waals surface area contributed by atoms with Crippen molar-refractivity contribution in [3.63, 3.8) is 0 Å². The minimum atomic E-state index is -0.363. The summed E-state index contributed by atoms with van der Waals surface area (Å²) in [5.41, 5.74) is 1.62. The highest BCUT2D eigenvalue weighted by molar-refractivity contribution is 5.92. The first kappa shape index (κ1) is 20.1. The van der Waals surface area contributed by atoms with E-state index in [1.165, 1.54) is 30.2 Å². The number of hydrogen-bond acceptors (Lipinski definition) is 3. The molecular weight excluding hydrogens is 390 g/mol. The molecule has 1 aliphatic heterocycles. The molecular formula is C23H23F2N2O3+. The Morgan fingerprint density at radius 3 is 2.47 bits per heavy atom. The molecule has 0 bridgehead atoms. The number of methoxy groups -OCH3 is 1. The van der Waals surface area contributed by atoms with Crippen LogP contribution in [-0.4, -0.2) is 44.1 Å². The second kappa shape index (κ2) is 8.67. The summed E-state index contributed by atoms with van der Waals surface area (Å²) in [6, 6.07) is 14.3. The van der Waals surface area contributed by atoms with E-state index in [1.54, 1.807) is 35.2 Å². The number of rotatable bonds is 5. The fourth-order valence-corrected chi connectivity index (χ4v) is 3.69. The Hall–Kier alpha value is -3.19. The van der Waals surface area contributed by atoms with E-state index in [2.05, 4.69) is 0 Å². The second-order valence-corrected chi connectivity index (χ2v) is 7.36. The van der Waals surface area contributed by atoms with Gasteiger partial charge in [0.1, 0.15) is 18.1 Å². The van der Waals surface area contributed by atoms with Gasteiger partial charge < -0.3 is 19.0 Å². The molecule has 1 fully saturated rings. The number of amides is 1.